The molecule has 1 aliphatic rings. The van der Waals surface area contributed by atoms with Crippen molar-refractivity contribution >= 4 is 23.1 Å². The van der Waals surface area contributed by atoms with Crippen LogP contribution in [0.1, 0.15) is 24.0 Å². The van der Waals surface area contributed by atoms with Crippen LogP contribution < -0.4 is 5.73 Å². The second-order valence-electron chi connectivity index (χ2n) is 5.43. The van der Waals surface area contributed by atoms with Gasteiger partial charge in [-0.15, -0.1) is 0 Å². The average Bonchev–Trinajstić information content (AvgIpc) is 3.24. The maximum atomic E-state index is 12.6. The Kier molecular flexibility index (Phi) is 3.27. The van der Waals surface area contributed by atoms with Crippen molar-refractivity contribution in [2.45, 2.75) is 24.7 Å². The second kappa shape index (κ2) is 4.95. The molecule has 1 aliphatic carbocycles. The highest BCUT2D eigenvalue weighted by Gasteiger charge is 2.50. The van der Waals surface area contributed by atoms with E-state index < -0.39 is 0 Å². The van der Waals surface area contributed by atoms with Gasteiger partial charge in [-0.1, -0.05) is 35.9 Å². The molecule has 102 valence electrons. The monoisotopic (exact) mass is 285 g/mol. The summed E-state index contributed by atoms with van der Waals surface area (Å²) in [4.78, 5) is 12.6. The minimum absolute atomic E-state index is 0.282. The molecule has 0 amide bonds. The van der Waals surface area contributed by atoms with Crippen LogP contribution >= 0.6 is 11.6 Å². The van der Waals surface area contributed by atoms with Crippen LogP contribution in [0.15, 0.2) is 48.5 Å². The van der Waals surface area contributed by atoms with E-state index in [1.165, 1.54) is 0 Å². The van der Waals surface area contributed by atoms with Crippen LogP contribution in [0, 0.1) is 0 Å². The Labute approximate surface area is 123 Å². The van der Waals surface area contributed by atoms with Crippen LogP contribution in [-0.4, -0.2) is 5.78 Å². The highest BCUT2D eigenvalue weighted by Crippen LogP contribution is 2.49. The van der Waals surface area contributed by atoms with Gasteiger partial charge in [-0.2, -0.15) is 0 Å². The third-order valence-electron chi connectivity index (χ3n) is 4.02. The van der Waals surface area contributed by atoms with Crippen molar-refractivity contribution in [3.63, 3.8) is 0 Å². The van der Waals surface area contributed by atoms with Gasteiger partial charge in [0, 0.05) is 17.1 Å². The molecule has 3 rings (SSSR count). The van der Waals surface area contributed by atoms with Gasteiger partial charge >= 0.3 is 0 Å². The summed E-state index contributed by atoms with van der Waals surface area (Å²) < 4.78 is 0. The molecule has 0 bridgehead atoms. The first-order valence-corrected chi connectivity index (χ1v) is 7.12. The lowest BCUT2D eigenvalue weighted by Crippen LogP contribution is -2.22. The maximum Gasteiger partial charge on any atom is 0.147 e. The zero-order valence-electron chi connectivity index (χ0n) is 11.1. The van der Waals surface area contributed by atoms with E-state index in [-0.39, 0.29) is 11.2 Å². The van der Waals surface area contributed by atoms with Gasteiger partial charge in [-0.3, -0.25) is 4.79 Å². The third-order valence-corrected chi connectivity index (χ3v) is 4.28. The number of ketones is 1. The molecule has 2 aromatic rings. The standard InChI is InChI=1S/C17H16ClNO/c18-14-5-1-12(2-6-14)11-16(20)17(9-10-17)13-3-7-15(19)8-4-13/h1-8H,9-11,19H2. The molecule has 1 saturated carbocycles. The number of carbonyl (C=O) groups is 1. The smallest absolute Gasteiger partial charge is 0.147 e. The Morgan fingerprint density at radius 3 is 2.20 bits per heavy atom. The SMILES string of the molecule is Nc1ccc(C2(C(=O)Cc3ccc(Cl)cc3)CC2)cc1. The number of hydrogen-bond donors (Lipinski definition) is 1. The molecule has 0 aromatic heterocycles. The molecule has 0 atom stereocenters. The lowest BCUT2D eigenvalue weighted by atomic mass is 9.88. The van der Waals surface area contributed by atoms with Crippen molar-refractivity contribution in [1.82, 2.24) is 0 Å². The van der Waals surface area contributed by atoms with E-state index in [0.29, 0.717) is 11.4 Å². The zero-order valence-corrected chi connectivity index (χ0v) is 11.9. The van der Waals surface area contributed by atoms with Crippen molar-refractivity contribution < 1.29 is 4.79 Å². The van der Waals surface area contributed by atoms with Crippen molar-refractivity contribution in [2.24, 2.45) is 0 Å². The van der Waals surface area contributed by atoms with Crippen LogP contribution in [0.2, 0.25) is 5.02 Å². The van der Waals surface area contributed by atoms with E-state index in [1.807, 2.05) is 48.5 Å². The first-order valence-electron chi connectivity index (χ1n) is 6.74. The Hall–Kier alpha value is -1.80. The number of carbonyl (C=O) groups excluding carboxylic acids is 1. The van der Waals surface area contributed by atoms with Gasteiger partial charge in [-0.25, -0.2) is 0 Å². The van der Waals surface area contributed by atoms with E-state index in [1.54, 1.807) is 0 Å². The molecule has 0 heterocycles. The molecule has 20 heavy (non-hydrogen) atoms. The molecule has 0 radical (unpaired) electrons. The molecule has 0 aliphatic heterocycles. The summed E-state index contributed by atoms with van der Waals surface area (Å²) in [5.41, 5.74) is 8.26. The second-order valence-corrected chi connectivity index (χ2v) is 5.87. The van der Waals surface area contributed by atoms with Crippen molar-refractivity contribution in [3.05, 3.63) is 64.7 Å². The fourth-order valence-corrected chi connectivity index (χ4v) is 2.74. The van der Waals surface area contributed by atoms with E-state index in [2.05, 4.69) is 0 Å². The quantitative estimate of drug-likeness (QED) is 0.869. The van der Waals surface area contributed by atoms with Crippen LogP contribution in [-0.2, 0) is 16.6 Å². The lowest BCUT2D eigenvalue weighted by Gasteiger charge is -2.15. The molecule has 2 N–H and O–H groups in total. The number of nitrogens with two attached hydrogens (primary N) is 1. The van der Waals surface area contributed by atoms with Crippen molar-refractivity contribution in [1.29, 1.82) is 0 Å². The van der Waals surface area contributed by atoms with Gasteiger partial charge < -0.3 is 5.73 Å². The molecule has 1 fully saturated rings. The third kappa shape index (κ3) is 2.44. The maximum absolute atomic E-state index is 12.6. The number of anilines is 1. The number of nitrogen functional groups attached to an aromatic ring is 1. The molecule has 3 heteroatoms. The van der Waals surface area contributed by atoms with Crippen LogP contribution in [0.4, 0.5) is 5.69 Å². The summed E-state index contributed by atoms with van der Waals surface area (Å²) in [6.07, 6.45) is 2.33. The number of hydrogen-bond acceptors (Lipinski definition) is 2. The molecular weight excluding hydrogens is 270 g/mol. The average molecular weight is 286 g/mol. The van der Waals surface area contributed by atoms with Gasteiger partial charge in [0.05, 0.1) is 5.41 Å². The minimum atomic E-state index is -0.284. The van der Waals surface area contributed by atoms with E-state index >= 15 is 0 Å². The highest BCUT2D eigenvalue weighted by molar-refractivity contribution is 6.30. The Morgan fingerprint density at radius 2 is 1.65 bits per heavy atom. The minimum Gasteiger partial charge on any atom is -0.399 e. The number of benzene rings is 2. The summed E-state index contributed by atoms with van der Waals surface area (Å²) in [7, 11) is 0. The van der Waals surface area contributed by atoms with E-state index in [0.717, 1.165) is 29.7 Å². The Bertz CT molecular complexity index is 627. The molecule has 0 spiro atoms. The first-order chi connectivity index (χ1) is 9.60. The number of Topliss-reactive ketones (excluding diaryl/α,β-unsaturated/α-hetero) is 1. The lowest BCUT2D eigenvalue weighted by molar-refractivity contribution is -0.120. The Morgan fingerprint density at radius 1 is 1.05 bits per heavy atom. The van der Waals surface area contributed by atoms with Crippen LogP contribution in [0.5, 0.6) is 0 Å². The molecular formula is C17H16ClNO. The topological polar surface area (TPSA) is 43.1 Å². The first kappa shape index (κ1) is 13.2. The van der Waals surface area contributed by atoms with E-state index in [4.69, 9.17) is 17.3 Å². The highest BCUT2D eigenvalue weighted by atomic mass is 35.5. The molecule has 2 nitrogen and oxygen atoms in total. The van der Waals surface area contributed by atoms with Crippen LogP contribution in [0.3, 0.4) is 0 Å². The molecule has 0 unspecified atom stereocenters. The summed E-state index contributed by atoms with van der Waals surface area (Å²) in [6, 6.07) is 15.2. The predicted octanol–water partition coefficient (Wildman–Crippen LogP) is 3.77. The summed E-state index contributed by atoms with van der Waals surface area (Å²) in [6.45, 7) is 0. The predicted molar refractivity (Wildman–Crippen MR) is 81.9 cm³/mol. The van der Waals surface area contributed by atoms with Crippen LogP contribution in [0.25, 0.3) is 0 Å². The van der Waals surface area contributed by atoms with Crippen molar-refractivity contribution in [3.8, 4) is 0 Å². The number of halogens is 1. The molecule has 2 aromatic carbocycles. The van der Waals surface area contributed by atoms with Crippen molar-refractivity contribution in [2.75, 3.05) is 5.73 Å². The summed E-state index contributed by atoms with van der Waals surface area (Å²) >= 11 is 5.86. The summed E-state index contributed by atoms with van der Waals surface area (Å²) in [5, 5.41) is 0.695. The molecule has 0 saturated heterocycles. The fraction of sp³-hybridized carbons (Fsp3) is 0.235. The Balaban J connectivity index is 1.79. The summed E-state index contributed by atoms with van der Waals surface area (Å²) in [5.74, 6) is 0.282. The van der Waals surface area contributed by atoms with Gasteiger partial charge in [0.1, 0.15) is 5.78 Å². The largest absolute Gasteiger partial charge is 0.399 e. The zero-order chi connectivity index (χ0) is 14.2. The van der Waals surface area contributed by atoms with Gasteiger partial charge in [0.15, 0.2) is 0 Å². The van der Waals surface area contributed by atoms with E-state index in [9.17, 15) is 4.79 Å². The van der Waals surface area contributed by atoms with Gasteiger partial charge in [0.2, 0.25) is 0 Å². The van der Waals surface area contributed by atoms with Gasteiger partial charge in [-0.05, 0) is 48.2 Å². The number of rotatable bonds is 4. The normalized spacial score (nSPS) is 15.8. The van der Waals surface area contributed by atoms with Gasteiger partial charge in [0.25, 0.3) is 0 Å². The fourth-order valence-electron chi connectivity index (χ4n) is 2.61.